The van der Waals surface area contributed by atoms with E-state index < -0.39 is 24.3 Å². The summed E-state index contributed by atoms with van der Waals surface area (Å²) in [6.45, 7) is 4.74. The lowest BCUT2D eigenvalue weighted by Crippen LogP contribution is -2.15. The molecule has 6 nitrogen and oxygen atoms in total. The molecule has 0 radical (unpaired) electrons. The Hall–Kier alpha value is -2.31. The van der Waals surface area contributed by atoms with Crippen LogP contribution in [0.1, 0.15) is 49.4 Å². The van der Waals surface area contributed by atoms with Crippen LogP contribution in [0.25, 0.3) is 0 Å². The van der Waals surface area contributed by atoms with Crippen molar-refractivity contribution in [2.75, 3.05) is 13.2 Å². The van der Waals surface area contributed by atoms with Gasteiger partial charge in [0.1, 0.15) is 0 Å². The Kier molecular flexibility index (Phi) is 6.45. The fraction of sp³-hybridized carbons (Fsp3) is 0.278. The Morgan fingerprint density at radius 2 is 1.73 bits per heavy atom. The predicted molar refractivity (Wildman–Crippen MR) is 97.3 cm³/mol. The van der Waals surface area contributed by atoms with E-state index in [4.69, 9.17) is 32.7 Å². The summed E-state index contributed by atoms with van der Waals surface area (Å²) in [7, 11) is 0. The summed E-state index contributed by atoms with van der Waals surface area (Å²) in [5, 5.41) is 0.519. The normalized spacial score (nSPS) is 10.5. The van der Waals surface area contributed by atoms with Gasteiger partial charge in [0.15, 0.2) is 6.61 Å². The van der Waals surface area contributed by atoms with E-state index in [1.54, 1.807) is 20.8 Å². The molecule has 0 saturated heterocycles. The van der Waals surface area contributed by atoms with Crippen LogP contribution in [0.4, 0.5) is 0 Å². The van der Waals surface area contributed by atoms with Crippen LogP contribution in [0, 0.1) is 13.8 Å². The third kappa shape index (κ3) is 4.26. The van der Waals surface area contributed by atoms with Crippen LogP contribution >= 0.6 is 23.2 Å². The quantitative estimate of drug-likeness (QED) is 0.584. The average molecular weight is 398 g/mol. The Balaban J connectivity index is 2.10. The number of carbonyl (C=O) groups excluding carboxylic acids is 3. The summed E-state index contributed by atoms with van der Waals surface area (Å²) in [5.41, 5.74) is 1.66. The number of carbonyl (C=O) groups is 3. The molecule has 8 heteroatoms. The molecule has 0 atom stereocenters. The highest BCUT2D eigenvalue weighted by Gasteiger charge is 2.23. The minimum absolute atomic E-state index is 0.179. The zero-order valence-corrected chi connectivity index (χ0v) is 16.0. The van der Waals surface area contributed by atoms with Crippen LogP contribution in [0.2, 0.25) is 10.0 Å². The lowest BCUT2D eigenvalue weighted by molar-refractivity contribution is 0.0472. The van der Waals surface area contributed by atoms with Crippen molar-refractivity contribution in [1.29, 1.82) is 0 Å². The summed E-state index contributed by atoms with van der Waals surface area (Å²) in [4.78, 5) is 39.2. The second kappa shape index (κ2) is 8.38. The second-order valence-electron chi connectivity index (χ2n) is 5.47. The molecule has 0 aliphatic carbocycles. The lowest BCUT2D eigenvalue weighted by atomic mass is 10.1. The molecule has 138 valence electrons. The largest absolute Gasteiger partial charge is 0.462 e. The molecule has 0 amide bonds. The van der Waals surface area contributed by atoms with Crippen LogP contribution in [0.5, 0.6) is 0 Å². The lowest BCUT2D eigenvalue weighted by Gasteiger charge is -2.05. The molecular weight excluding hydrogens is 381 g/mol. The van der Waals surface area contributed by atoms with Crippen molar-refractivity contribution in [2.24, 2.45) is 0 Å². The second-order valence-corrected chi connectivity index (χ2v) is 6.29. The molecule has 0 fully saturated rings. The van der Waals surface area contributed by atoms with Gasteiger partial charge in [0.05, 0.1) is 33.5 Å². The Morgan fingerprint density at radius 3 is 2.35 bits per heavy atom. The van der Waals surface area contributed by atoms with Crippen LogP contribution < -0.4 is 0 Å². The van der Waals surface area contributed by atoms with Crippen molar-refractivity contribution in [3.63, 3.8) is 0 Å². The van der Waals surface area contributed by atoms with Crippen LogP contribution in [0.15, 0.2) is 18.2 Å². The minimum atomic E-state index is -0.705. The van der Waals surface area contributed by atoms with Crippen molar-refractivity contribution in [3.05, 3.63) is 56.3 Å². The number of aromatic amines is 1. The highest BCUT2D eigenvalue weighted by Crippen LogP contribution is 2.23. The van der Waals surface area contributed by atoms with E-state index in [9.17, 15) is 14.4 Å². The van der Waals surface area contributed by atoms with E-state index in [-0.39, 0.29) is 22.9 Å². The summed E-state index contributed by atoms with van der Waals surface area (Å²) < 4.78 is 10.0. The molecule has 2 aromatic rings. The van der Waals surface area contributed by atoms with E-state index in [0.29, 0.717) is 21.8 Å². The maximum absolute atomic E-state index is 12.4. The Morgan fingerprint density at radius 1 is 1.04 bits per heavy atom. The highest BCUT2D eigenvalue weighted by atomic mass is 35.5. The van der Waals surface area contributed by atoms with Gasteiger partial charge in [-0.25, -0.2) is 9.59 Å². The summed E-state index contributed by atoms with van der Waals surface area (Å²) in [5.74, 6) is -1.68. The summed E-state index contributed by atoms with van der Waals surface area (Å²) >= 11 is 11.7. The van der Waals surface area contributed by atoms with Gasteiger partial charge in [-0.3, -0.25) is 4.79 Å². The van der Waals surface area contributed by atoms with Crippen molar-refractivity contribution >= 4 is 40.9 Å². The van der Waals surface area contributed by atoms with Crippen molar-refractivity contribution in [3.8, 4) is 0 Å². The topological polar surface area (TPSA) is 85.5 Å². The molecule has 1 N–H and O–H groups in total. The molecule has 2 rings (SSSR count). The van der Waals surface area contributed by atoms with Crippen molar-refractivity contribution < 1.29 is 23.9 Å². The third-order valence-electron chi connectivity index (χ3n) is 3.69. The van der Waals surface area contributed by atoms with Gasteiger partial charge < -0.3 is 14.5 Å². The number of halogens is 2. The van der Waals surface area contributed by atoms with Gasteiger partial charge >= 0.3 is 11.9 Å². The fourth-order valence-electron chi connectivity index (χ4n) is 2.45. The molecule has 1 aromatic carbocycles. The molecule has 0 aliphatic rings. The molecule has 0 unspecified atom stereocenters. The van der Waals surface area contributed by atoms with E-state index in [1.807, 2.05) is 0 Å². The summed E-state index contributed by atoms with van der Waals surface area (Å²) in [6, 6.07) is 4.27. The number of Topliss-reactive ketones (excluding diaryl/α,β-unsaturated/α-hetero) is 1. The van der Waals surface area contributed by atoms with Gasteiger partial charge in [0.25, 0.3) is 0 Å². The van der Waals surface area contributed by atoms with Crippen molar-refractivity contribution in [1.82, 2.24) is 4.98 Å². The first-order valence-electron chi connectivity index (χ1n) is 7.77. The zero-order chi connectivity index (χ0) is 19.4. The van der Waals surface area contributed by atoms with Gasteiger partial charge in [0, 0.05) is 5.69 Å². The fourth-order valence-corrected chi connectivity index (χ4v) is 2.75. The number of ketones is 1. The first-order chi connectivity index (χ1) is 12.3. The number of ether oxygens (including phenoxy) is 2. The number of hydrogen-bond donors (Lipinski definition) is 1. The zero-order valence-electron chi connectivity index (χ0n) is 14.4. The SMILES string of the molecule is CCOC(=O)c1c(C)[nH]c(C(=O)COC(=O)c2ccc(Cl)c(Cl)c2)c1C. The number of rotatable bonds is 6. The molecule has 0 saturated carbocycles. The molecule has 1 aromatic heterocycles. The monoisotopic (exact) mass is 397 g/mol. The Labute approximate surface area is 160 Å². The maximum Gasteiger partial charge on any atom is 0.340 e. The molecule has 1 heterocycles. The molecule has 26 heavy (non-hydrogen) atoms. The van der Waals surface area contributed by atoms with Gasteiger partial charge in [-0.05, 0) is 44.5 Å². The van der Waals surface area contributed by atoms with E-state index in [0.717, 1.165) is 0 Å². The molecule has 0 spiro atoms. The van der Waals surface area contributed by atoms with Crippen LogP contribution in [-0.4, -0.2) is 35.9 Å². The number of esters is 2. The van der Waals surface area contributed by atoms with Gasteiger partial charge in [-0.2, -0.15) is 0 Å². The standard InChI is InChI=1S/C18H17Cl2NO5/c1-4-25-18(24)15-9(2)16(21-10(15)3)14(22)8-26-17(23)11-5-6-12(19)13(20)7-11/h5-7,21H,4,8H2,1-3H3. The predicted octanol–water partition coefficient (Wildman–Crippen LogP) is 4.15. The van der Waals surface area contributed by atoms with Crippen LogP contribution in [0.3, 0.4) is 0 Å². The first-order valence-corrected chi connectivity index (χ1v) is 8.53. The van der Waals surface area contributed by atoms with E-state index >= 15 is 0 Å². The molecular formula is C18H17Cl2NO5. The number of H-pyrrole nitrogens is 1. The van der Waals surface area contributed by atoms with Crippen LogP contribution in [-0.2, 0) is 9.47 Å². The highest BCUT2D eigenvalue weighted by molar-refractivity contribution is 6.42. The average Bonchev–Trinajstić information content (AvgIpc) is 2.89. The van der Waals surface area contributed by atoms with Gasteiger partial charge in [0.2, 0.25) is 5.78 Å². The number of hydrogen-bond acceptors (Lipinski definition) is 5. The number of aromatic nitrogens is 1. The molecule has 0 aliphatic heterocycles. The third-order valence-corrected chi connectivity index (χ3v) is 4.42. The maximum atomic E-state index is 12.4. The number of benzene rings is 1. The van der Waals surface area contributed by atoms with E-state index in [2.05, 4.69) is 4.98 Å². The smallest absolute Gasteiger partial charge is 0.340 e. The summed E-state index contributed by atoms with van der Waals surface area (Å²) in [6.07, 6.45) is 0. The number of nitrogens with one attached hydrogen (secondary N) is 1. The Bertz CT molecular complexity index is 873. The van der Waals surface area contributed by atoms with Gasteiger partial charge in [-0.15, -0.1) is 0 Å². The van der Waals surface area contributed by atoms with E-state index in [1.165, 1.54) is 18.2 Å². The first kappa shape index (κ1) is 20.0. The number of aryl methyl sites for hydroxylation is 1. The van der Waals surface area contributed by atoms with Crippen molar-refractivity contribution in [2.45, 2.75) is 20.8 Å². The molecule has 0 bridgehead atoms. The minimum Gasteiger partial charge on any atom is -0.462 e. The van der Waals surface area contributed by atoms with Gasteiger partial charge in [-0.1, -0.05) is 23.2 Å².